The van der Waals surface area contributed by atoms with Crippen LogP contribution in [0.3, 0.4) is 0 Å². The Morgan fingerprint density at radius 1 is 1.38 bits per heavy atom. The summed E-state index contributed by atoms with van der Waals surface area (Å²) in [5.41, 5.74) is 6.03. The van der Waals surface area contributed by atoms with Crippen LogP contribution in [0.15, 0.2) is 24.3 Å². The van der Waals surface area contributed by atoms with Gasteiger partial charge < -0.3 is 10.8 Å². The number of carboxylic acid groups (broad SMARTS) is 1. The van der Waals surface area contributed by atoms with Crippen molar-refractivity contribution in [3.8, 4) is 0 Å². The number of anilines is 1. The molecule has 0 heterocycles. The van der Waals surface area contributed by atoms with Gasteiger partial charge >= 0.3 is 35.5 Å². The maximum absolute atomic E-state index is 10.3. The third-order valence-electron chi connectivity index (χ3n) is 1.13. The van der Waals surface area contributed by atoms with E-state index in [0.717, 1.165) is 0 Å². The van der Waals surface area contributed by atoms with Crippen molar-refractivity contribution >= 4 is 51.3 Å². The first-order valence-corrected chi connectivity index (χ1v) is 5.56. The summed E-state index contributed by atoms with van der Waals surface area (Å²) < 4.78 is 25.9. The Bertz CT molecular complexity index is 437. The van der Waals surface area contributed by atoms with Crippen LogP contribution in [0.2, 0.25) is 0 Å². The first kappa shape index (κ1) is 17.8. The number of carboxylic acids is 1. The second kappa shape index (κ2) is 7.64. The van der Waals surface area contributed by atoms with E-state index in [4.69, 9.17) is 15.4 Å². The molecule has 0 unspecified atom stereocenters. The van der Waals surface area contributed by atoms with Crippen molar-refractivity contribution in [3.63, 3.8) is 0 Å². The molecule has 86 valence electrons. The number of benzene rings is 1. The van der Waals surface area contributed by atoms with Gasteiger partial charge in [-0.1, -0.05) is 6.07 Å². The minimum absolute atomic E-state index is 0. The Hall–Kier alpha value is -0.600. The van der Waals surface area contributed by atoms with E-state index in [9.17, 15) is 13.2 Å². The summed E-state index contributed by atoms with van der Waals surface area (Å²) in [6.07, 6.45) is 0.715. The SMILES string of the molecule is CS(=O)(=O)O.Nc1cccc(C(=O)O)c1.[NaH]. The van der Waals surface area contributed by atoms with Gasteiger partial charge in [-0.3, -0.25) is 4.55 Å². The molecule has 1 aromatic carbocycles. The van der Waals surface area contributed by atoms with E-state index in [1.807, 2.05) is 0 Å². The fourth-order valence-electron chi connectivity index (χ4n) is 0.672. The first-order chi connectivity index (χ1) is 6.70. The molecule has 0 fully saturated rings. The van der Waals surface area contributed by atoms with E-state index in [-0.39, 0.29) is 35.1 Å². The van der Waals surface area contributed by atoms with Gasteiger partial charge in [0.2, 0.25) is 0 Å². The van der Waals surface area contributed by atoms with Gasteiger partial charge in [0, 0.05) is 5.69 Å². The molecule has 0 bridgehead atoms. The molecule has 0 saturated heterocycles. The van der Waals surface area contributed by atoms with Gasteiger partial charge in [0.1, 0.15) is 0 Å². The van der Waals surface area contributed by atoms with Crippen molar-refractivity contribution < 1.29 is 22.9 Å². The summed E-state index contributed by atoms with van der Waals surface area (Å²) in [6, 6.07) is 6.17. The van der Waals surface area contributed by atoms with Crippen LogP contribution in [-0.4, -0.2) is 59.9 Å². The molecule has 0 aliphatic rings. The molecule has 0 aliphatic heterocycles. The third-order valence-corrected chi connectivity index (χ3v) is 1.13. The van der Waals surface area contributed by atoms with Gasteiger partial charge in [-0.15, -0.1) is 0 Å². The Kier molecular flexibility index (Phi) is 8.49. The molecule has 0 radical (unpaired) electrons. The number of hydrogen-bond donors (Lipinski definition) is 3. The van der Waals surface area contributed by atoms with Crippen molar-refractivity contribution in [1.82, 2.24) is 0 Å². The average molecular weight is 257 g/mol. The normalized spacial score (nSPS) is 9.38. The summed E-state index contributed by atoms with van der Waals surface area (Å²) in [6.45, 7) is 0. The number of nitrogens with two attached hydrogens (primary N) is 1. The molecule has 0 aliphatic carbocycles. The van der Waals surface area contributed by atoms with Crippen molar-refractivity contribution in [3.05, 3.63) is 29.8 Å². The van der Waals surface area contributed by atoms with Crippen LogP contribution >= 0.6 is 0 Å². The van der Waals surface area contributed by atoms with E-state index in [1.165, 1.54) is 12.1 Å². The molecule has 16 heavy (non-hydrogen) atoms. The molecular formula is C8H12NNaO5S. The Morgan fingerprint density at radius 3 is 2.06 bits per heavy atom. The maximum atomic E-state index is 10.3. The third kappa shape index (κ3) is 11.5. The number of nitrogen functional groups attached to an aromatic ring is 1. The average Bonchev–Trinajstić information content (AvgIpc) is 2.00. The molecule has 0 amide bonds. The van der Waals surface area contributed by atoms with Crippen LogP contribution in [0.4, 0.5) is 5.69 Å². The summed E-state index contributed by atoms with van der Waals surface area (Å²) in [5.74, 6) is -0.952. The van der Waals surface area contributed by atoms with Crippen molar-refractivity contribution in [2.24, 2.45) is 0 Å². The molecule has 1 aromatic rings. The van der Waals surface area contributed by atoms with Crippen LogP contribution < -0.4 is 5.73 Å². The Labute approximate surface area is 116 Å². The second-order valence-electron chi connectivity index (χ2n) is 2.66. The number of hydrogen-bond acceptors (Lipinski definition) is 4. The fourth-order valence-corrected chi connectivity index (χ4v) is 0.672. The quantitative estimate of drug-likeness (QED) is 0.365. The van der Waals surface area contributed by atoms with Crippen molar-refractivity contribution in [2.45, 2.75) is 0 Å². The number of aromatic carboxylic acids is 1. The molecule has 0 atom stereocenters. The van der Waals surface area contributed by atoms with Gasteiger partial charge in [0.15, 0.2) is 0 Å². The zero-order valence-electron chi connectivity index (χ0n) is 7.91. The Balaban J connectivity index is 0. The van der Waals surface area contributed by atoms with E-state index in [1.54, 1.807) is 12.1 Å². The summed E-state index contributed by atoms with van der Waals surface area (Å²) in [4.78, 5) is 10.3. The molecular weight excluding hydrogens is 245 g/mol. The van der Waals surface area contributed by atoms with Crippen LogP contribution in [0, 0.1) is 0 Å². The molecule has 0 spiro atoms. The Morgan fingerprint density at radius 2 is 1.81 bits per heavy atom. The molecule has 8 heteroatoms. The van der Waals surface area contributed by atoms with Gasteiger partial charge in [0.05, 0.1) is 11.8 Å². The van der Waals surface area contributed by atoms with E-state index in [0.29, 0.717) is 11.9 Å². The number of carbonyl (C=O) groups is 1. The second-order valence-corrected chi connectivity index (χ2v) is 4.13. The minimum atomic E-state index is -3.67. The number of rotatable bonds is 1. The van der Waals surface area contributed by atoms with Crippen molar-refractivity contribution in [1.29, 1.82) is 0 Å². The first-order valence-electron chi connectivity index (χ1n) is 3.71. The predicted molar refractivity (Wildman–Crippen MR) is 62.4 cm³/mol. The predicted octanol–water partition coefficient (Wildman–Crippen LogP) is -0.177. The fraction of sp³-hybridized carbons (Fsp3) is 0.125. The molecule has 0 aromatic heterocycles. The molecule has 4 N–H and O–H groups in total. The topological polar surface area (TPSA) is 118 Å². The summed E-state index contributed by atoms with van der Waals surface area (Å²) in [5, 5.41) is 8.45. The van der Waals surface area contributed by atoms with Crippen LogP contribution in [0.25, 0.3) is 0 Å². The van der Waals surface area contributed by atoms with Crippen molar-refractivity contribution in [2.75, 3.05) is 12.0 Å². The molecule has 0 saturated carbocycles. The zero-order valence-corrected chi connectivity index (χ0v) is 8.73. The van der Waals surface area contributed by atoms with Gasteiger partial charge in [-0.25, -0.2) is 4.79 Å². The van der Waals surface area contributed by atoms with E-state index < -0.39 is 16.1 Å². The summed E-state index contributed by atoms with van der Waals surface area (Å²) >= 11 is 0. The van der Waals surface area contributed by atoms with Crippen LogP contribution in [-0.2, 0) is 10.1 Å². The zero-order chi connectivity index (χ0) is 12.1. The van der Waals surface area contributed by atoms with Gasteiger partial charge in [-0.05, 0) is 18.2 Å². The van der Waals surface area contributed by atoms with E-state index >= 15 is 0 Å². The van der Waals surface area contributed by atoms with Gasteiger partial charge in [0.25, 0.3) is 10.1 Å². The molecule has 1 rings (SSSR count). The van der Waals surface area contributed by atoms with Crippen LogP contribution in [0.5, 0.6) is 0 Å². The van der Waals surface area contributed by atoms with Crippen LogP contribution in [0.1, 0.15) is 10.4 Å². The summed E-state index contributed by atoms with van der Waals surface area (Å²) in [7, 11) is -3.67. The van der Waals surface area contributed by atoms with E-state index in [2.05, 4.69) is 0 Å². The molecule has 6 nitrogen and oxygen atoms in total. The standard InChI is InChI=1S/C7H7NO2.CH4O3S.Na.H/c8-6-3-1-2-5(4-6)7(9)10;1-5(2,3)4;;/h1-4H,8H2,(H,9,10);1H3,(H,2,3,4);;. The monoisotopic (exact) mass is 257 g/mol. The van der Waals surface area contributed by atoms with Gasteiger partial charge in [-0.2, -0.15) is 8.42 Å².